The highest BCUT2D eigenvalue weighted by Crippen LogP contribution is 2.18. The molecule has 2 N–H and O–H groups in total. The Kier molecular flexibility index (Phi) is 6.25. The van der Waals surface area contributed by atoms with E-state index < -0.39 is 0 Å². The summed E-state index contributed by atoms with van der Waals surface area (Å²) in [6.45, 7) is 12.9. The van der Waals surface area contributed by atoms with Crippen LogP contribution in [-0.2, 0) is 6.54 Å². The Bertz CT molecular complexity index is 383. The van der Waals surface area contributed by atoms with Crippen LogP contribution in [0.1, 0.15) is 38.8 Å². The average molecular weight is 265 g/mol. The summed E-state index contributed by atoms with van der Waals surface area (Å²) in [7, 11) is 0. The number of pyridine rings is 1. The molecule has 0 aliphatic carbocycles. The normalized spacial score (nSPS) is 11.6. The van der Waals surface area contributed by atoms with E-state index in [1.165, 1.54) is 0 Å². The number of hydrogen-bond donors (Lipinski definition) is 1. The second kappa shape index (κ2) is 7.46. The molecule has 0 saturated carbocycles. The molecule has 0 unspecified atom stereocenters. The molecular formula is C15H27N3O. The van der Waals surface area contributed by atoms with E-state index in [2.05, 4.69) is 37.6 Å². The van der Waals surface area contributed by atoms with E-state index in [1.807, 2.05) is 13.0 Å². The minimum Gasteiger partial charge on any atom is -0.476 e. The zero-order valence-electron chi connectivity index (χ0n) is 12.8. The van der Waals surface area contributed by atoms with Crippen molar-refractivity contribution in [2.75, 3.05) is 13.2 Å². The number of aromatic nitrogens is 1. The van der Waals surface area contributed by atoms with Gasteiger partial charge >= 0.3 is 0 Å². The number of nitrogens with zero attached hydrogens (tertiary/aromatic N) is 2. The molecule has 0 aliphatic heterocycles. The molecule has 0 fully saturated rings. The molecule has 1 aromatic rings. The van der Waals surface area contributed by atoms with Gasteiger partial charge in [-0.3, -0.25) is 4.90 Å². The summed E-state index contributed by atoms with van der Waals surface area (Å²) in [5.74, 6) is 0.676. The number of nitrogens with two attached hydrogens (primary N) is 1. The van der Waals surface area contributed by atoms with E-state index in [0.29, 0.717) is 31.1 Å². The topological polar surface area (TPSA) is 51.4 Å². The van der Waals surface area contributed by atoms with Crippen molar-refractivity contribution < 1.29 is 4.74 Å². The van der Waals surface area contributed by atoms with Gasteiger partial charge in [-0.25, -0.2) is 4.98 Å². The van der Waals surface area contributed by atoms with E-state index in [9.17, 15) is 0 Å². The Balaban J connectivity index is 2.60. The van der Waals surface area contributed by atoms with Gasteiger partial charge in [0.1, 0.15) is 6.61 Å². The molecule has 0 amide bonds. The van der Waals surface area contributed by atoms with Crippen molar-refractivity contribution in [2.45, 2.75) is 53.2 Å². The fourth-order valence-electron chi connectivity index (χ4n) is 2.30. The fraction of sp³-hybridized carbons (Fsp3) is 0.667. The summed E-state index contributed by atoms with van der Waals surface area (Å²) in [6, 6.07) is 3.00. The van der Waals surface area contributed by atoms with Gasteiger partial charge in [-0.2, -0.15) is 0 Å². The van der Waals surface area contributed by atoms with Crippen molar-refractivity contribution in [1.82, 2.24) is 9.88 Å². The molecule has 4 heteroatoms. The third-order valence-corrected chi connectivity index (χ3v) is 3.37. The Labute approximate surface area is 117 Å². The highest BCUT2D eigenvalue weighted by atomic mass is 16.5. The first-order chi connectivity index (χ1) is 8.97. The first-order valence-electron chi connectivity index (χ1n) is 7.00. The standard InChI is InChI=1S/C15H27N3O/c1-11(2)18(12(3)4)8-9-19-15-14(10-16)13(5)6-7-17-15/h6-7,11-12H,8-10,16H2,1-5H3. The zero-order valence-corrected chi connectivity index (χ0v) is 12.8. The smallest absolute Gasteiger partial charge is 0.218 e. The van der Waals surface area contributed by atoms with Crippen LogP contribution in [0.3, 0.4) is 0 Å². The number of ether oxygens (including phenoxy) is 1. The minimum atomic E-state index is 0.465. The van der Waals surface area contributed by atoms with Crippen molar-refractivity contribution in [3.05, 3.63) is 23.4 Å². The van der Waals surface area contributed by atoms with Crippen LogP contribution < -0.4 is 10.5 Å². The van der Waals surface area contributed by atoms with Gasteiger partial charge in [0.2, 0.25) is 5.88 Å². The van der Waals surface area contributed by atoms with E-state index >= 15 is 0 Å². The molecule has 0 saturated heterocycles. The average Bonchev–Trinajstić information content (AvgIpc) is 2.33. The summed E-state index contributed by atoms with van der Waals surface area (Å²) in [4.78, 5) is 6.68. The Hall–Kier alpha value is -1.13. The molecule has 1 heterocycles. The molecule has 0 spiro atoms. The second-order valence-electron chi connectivity index (χ2n) is 5.39. The molecule has 1 aromatic heterocycles. The van der Waals surface area contributed by atoms with E-state index in [4.69, 9.17) is 10.5 Å². The summed E-state index contributed by atoms with van der Waals surface area (Å²) in [5, 5.41) is 0. The Morgan fingerprint density at radius 3 is 2.42 bits per heavy atom. The summed E-state index contributed by atoms with van der Waals surface area (Å²) in [5.41, 5.74) is 7.89. The molecule has 0 bridgehead atoms. The van der Waals surface area contributed by atoms with Crippen LogP contribution in [0.2, 0.25) is 0 Å². The second-order valence-corrected chi connectivity index (χ2v) is 5.39. The molecular weight excluding hydrogens is 238 g/mol. The van der Waals surface area contributed by atoms with Crippen LogP contribution in [0.25, 0.3) is 0 Å². The maximum absolute atomic E-state index is 5.81. The summed E-state index contributed by atoms with van der Waals surface area (Å²) >= 11 is 0. The van der Waals surface area contributed by atoms with Crippen LogP contribution in [0.15, 0.2) is 12.3 Å². The van der Waals surface area contributed by atoms with Gasteiger partial charge in [-0.1, -0.05) is 0 Å². The third kappa shape index (κ3) is 4.48. The lowest BCUT2D eigenvalue weighted by Gasteiger charge is -2.30. The van der Waals surface area contributed by atoms with E-state index in [1.54, 1.807) is 6.20 Å². The Morgan fingerprint density at radius 2 is 1.89 bits per heavy atom. The lowest BCUT2D eigenvalue weighted by Crippen LogP contribution is -2.39. The summed E-state index contributed by atoms with van der Waals surface area (Å²) < 4.78 is 5.81. The number of rotatable bonds is 7. The van der Waals surface area contributed by atoms with Crippen molar-refractivity contribution >= 4 is 0 Å². The van der Waals surface area contributed by atoms with Gasteiger partial charge in [-0.05, 0) is 46.2 Å². The predicted octanol–water partition coefficient (Wildman–Crippen LogP) is 2.35. The zero-order chi connectivity index (χ0) is 14.4. The monoisotopic (exact) mass is 265 g/mol. The van der Waals surface area contributed by atoms with Gasteiger partial charge in [-0.15, -0.1) is 0 Å². The van der Waals surface area contributed by atoms with E-state index in [0.717, 1.165) is 17.7 Å². The lowest BCUT2D eigenvalue weighted by atomic mass is 10.1. The first-order valence-corrected chi connectivity index (χ1v) is 7.00. The van der Waals surface area contributed by atoms with E-state index in [-0.39, 0.29) is 0 Å². The van der Waals surface area contributed by atoms with Crippen LogP contribution in [-0.4, -0.2) is 35.1 Å². The van der Waals surface area contributed by atoms with Crippen molar-refractivity contribution in [3.63, 3.8) is 0 Å². The number of hydrogen-bond acceptors (Lipinski definition) is 4. The number of aryl methyl sites for hydroxylation is 1. The SMILES string of the molecule is Cc1ccnc(OCCN(C(C)C)C(C)C)c1CN. The van der Waals surface area contributed by atoms with Gasteiger partial charge < -0.3 is 10.5 Å². The lowest BCUT2D eigenvalue weighted by molar-refractivity contribution is 0.139. The molecule has 0 aromatic carbocycles. The van der Waals surface area contributed by atoms with Gasteiger partial charge in [0.15, 0.2) is 0 Å². The third-order valence-electron chi connectivity index (χ3n) is 3.37. The van der Waals surface area contributed by atoms with Crippen LogP contribution in [0.5, 0.6) is 5.88 Å². The molecule has 4 nitrogen and oxygen atoms in total. The molecule has 0 aliphatic rings. The maximum atomic E-state index is 5.81. The molecule has 1 rings (SSSR count). The minimum absolute atomic E-state index is 0.465. The largest absolute Gasteiger partial charge is 0.476 e. The van der Waals surface area contributed by atoms with Crippen LogP contribution in [0.4, 0.5) is 0 Å². The van der Waals surface area contributed by atoms with Gasteiger partial charge in [0.05, 0.1) is 0 Å². The van der Waals surface area contributed by atoms with Gasteiger partial charge in [0.25, 0.3) is 0 Å². The molecule has 108 valence electrons. The van der Waals surface area contributed by atoms with Crippen molar-refractivity contribution in [1.29, 1.82) is 0 Å². The summed E-state index contributed by atoms with van der Waals surface area (Å²) in [6.07, 6.45) is 1.77. The van der Waals surface area contributed by atoms with Crippen LogP contribution in [0, 0.1) is 6.92 Å². The highest BCUT2D eigenvalue weighted by molar-refractivity contribution is 5.33. The fourth-order valence-corrected chi connectivity index (χ4v) is 2.30. The first kappa shape index (κ1) is 15.9. The van der Waals surface area contributed by atoms with Crippen molar-refractivity contribution in [2.24, 2.45) is 5.73 Å². The molecule has 19 heavy (non-hydrogen) atoms. The van der Waals surface area contributed by atoms with Crippen molar-refractivity contribution in [3.8, 4) is 5.88 Å². The highest BCUT2D eigenvalue weighted by Gasteiger charge is 2.14. The Morgan fingerprint density at radius 1 is 1.26 bits per heavy atom. The molecule has 0 radical (unpaired) electrons. The van der Waals surface area contributed by atoms with Gasteiger partial charge in [0, 0.05) is 36.9 Å². The predicted molar refractivity (Wildman–Crippen MR) is 79.3 cm³/mol. The quantitative estimate of drug-likeness (QED) is 0.822. The van der Waals surface area contributed by atoms with Crippen LogP contribution >= 0.6 is 0 Å². The molecule has 0 atom stereocenters. The maximum Gasteiger partial charge on any atom is 0.218 e.